The number of amides is 1. The van der Waals surface area contributed by atoms with Crippen molar-refractivity contribution in [3.8, 4) is 0 Å². The van der Waals surface area contributed by atoms with Crippen molar-refractivity contribution in [1.82, 2.24) is 5.32 Å². The fourth-order valence-corrected chi connectivity index (χ4v) is 4.15. The zero-order chi connectivity index (χ0) is 12.5. The van der Waals surface area contributed by atoms with E-state index in [1.165, 1.54) is 37.0 Å². The molecule has 1 saturated carbocycles. The van der Waals surface area contributed by atoms with Crippen molar-refractivity contribution in [3.63, 3.8) is 0 Å². The molecule has 0 saturated heterocycles. The van der Waals surface area contributed by atoms with E-state index in [4.69, 9.17) is 0 Å². The summed E-state index contributed by atoms with van der Waals surface area (Å²) in [6.07, 6.45) is 6.61. The van der Waals surface area contributed by atoms with Crippen LogP contribution in [0.5, 0.6) is 0 Å². The first-order chi connectivity index (χ1) is 8.75. The van der Waals surface area contributed by atoms with Gasteiger partial charge in [0.1, 0.15) is 0 Å². The molecule has 4 heteroatoms. The first-order valence-electron chi connectivity index (χ1n) is 6.90. The number of rotatable bonds is 1. The van der Waals surface area contributed by atoms with Crippen molar-refractivity contribution >= 4 is 22.9 Å². The normalized spacial score (nSPS) is 29.5. The molecule has 1 amide bonds. The Morgan fingerprint density at radius 1 is 1.28 bits per heavy atom. The molecule has 2 N–H and O–H groups in total. The molecule has 3 rings (SSSR count). The van der Waals surface area contributed by atoms with Crippen molar-refractivity contribution < 1.29 is 4.79 Å². The van der Waals surface area contributed by atoms with Crippen molar-refractivity contribution in [1.29, 1.82) is 0 Å². The van der Waals surface area contributed by atoms with E-state index in [-0.39, 0.29) is 11.9 Å². The maximum atomic E-state index is 11.9. The van der Waals surface area contributed by atoms with Crippen LogP contribution in [0.3, 0.4) is 0 Å². The summed E-state index contributed by atoms with van der Waals surface area (Å²) >= 11 is 1.77. The third kappa shape index (κ3) is 2.19. The van der Waals surface area contributed by atoms with Crippen LogP contribution >= 0.6 is 11.3 Å². The molecule has 18 heavy (non-hydrogen) atoms. The van der Waals surface area contributed by atoms with E-state index >= 15 is 0 Å². The van der Waals surface area contributed by atoms with E-state index < -0.39 is 0 Å². The maximum Gasteiger partial charge on any atom is 0.241 e. The molecule has 2 aliphatic rings. The molecular weight excluding hydrogens is 244 g/mol. The van der Waals surface area contributed by atoms with Gasteiger partial charge in [-0.05, 0) is 37.1 Å². The van der Waals surface area contributed by atoms with Gasteiger partial charge in [0, 0.05) is 10.9 Å². The fourth-order valence-electron chi connectivity index (χ4n) is 3.14. The first kappa shape index (κ1) is 12.2. The smallest absolute Gasteiger partial charge is 0.241 e. The Balaban J connectivity index is 1.90. The zero-order valence-electron chi connectivity index (χ0n) is 10.7. The van der Waals surface area contributed by atoms with Crippen molar-refractivity contribution in [3.05, 3.63) is 16.3 Å². The Labute approximate surface area is 112 Å². The first-order valence-corrected chi connectivity index (χ1v) is 7.78. The predicted octanol–water partition coefficient (Wildman–Crippen LogP) is 3.30. The number of fused-ring (bicyclic) bond motifs is 1. The van der Waals surface area contributed by atoms with Crippen molar-refractivity contribution in [2.75, 3.05) is 5.32 Å². The topological polar surface area (TPSA) is 41.1 Å². The van der Waals surface area contributed by atoms with Crippen molar-refractivity contribution in [2.24, 2.45) is 5.92 Å². The van der Waals surface area contributed by atoms with Crippen LogP contribution < -0.4 is 10.6 Å². The number of thiophene rings is 1. The lowest BCUT2D eigenvalue weighted by Gasteiger charge is -2.31. The Bertz CT molecular complexity index is 437. The average Bonchev–Trinajstić information content (AvgIpc) is 2.80. The zero-order valence-corrected chi connectivity index (χ0v) is 11.6. The number of nitrogens with one attached hydrogen (secondary N) is 2. The number of anilines is 1. The molecule has 98 valence electrons. The monoisotopic (exact) mass is 264 g/mol. The van der Waals surface area contributed by atoms with Crippen LogP contribution in [-0.4, -0.2) is 11.9 Å². The number of carbonyl (C=O) groups excluding carboxylic acids is 1. The molecule has 0 radical (unpaired) electrons. The lowest BCUT2D eigenvalue weighted by Crippen LogP contribution is -2.40. The fraction of sp³-hybridized carbons (Fsp3) is 0.643. The van der Waals surface area contributed by atoms with Gasteiger partial charge in [-0.2, -0.15) is 0 Å². The number of hydrogen-bond acceptors (Lipinski definition) is 3. The summed E-state index contributed by atoms with van der Waals surface area (Å²) in [6.45, 7) is 1.96. The largest absolute Gasteiger partial charge is 0.324 e. The molecular formula is C14H20N2OS. The lowest BCUT2D eigenvalue weighted by molar-refractivity contribution is -0.117. The highest BCUT2D eigenvalue weighted by Crippen LogP contribution is 2.41. The van der Waals surface area contributed by atoms with Gasteiger partial charge in [0.2, 0.25) is 5.91 Å². The Morgan fingerprint density at radius 2 is 2.06 bits per heavy atom. The van der Waals surface area contributed by atoms with Crippen LogP contribution in [0.4, 0.5) is 5.69 Å². The minimum absolute atomic E-state index is 0.0907. The highest BCUT2D eigenvalue weighted by Gasteiger charge is 2.33. The maximum absolute atomic E-state index is 11.9. The number of carbonyl (C=O) groups is 1. The highest BCUT2D eigenvalue weighted by molar-refractivity contribution is 7.10. The predicted molar refractivity (Wildman–Crippen MR) is 74.9 cm³/mol. The summed E-state index contributed by atoms with van der Waals surface area (Å²) in [6, 6.07) is 2.29. The van der Waals surface area contributed by atoms with Crippen LogP contribution in [-0.2, 0) is 4.79 Å². The SMILES string of the molecule is C[C@@H]1NC(C2CCCCC2)c2sccc2NC1=O. The molecule has 1 fully saturated rings. The third-order valence-corrected chi connectivity index (χ3v) is 5.18. The molecule has 0 aromatic carbocycles. The van der Waals surface area contributed by atoms with Crippen LogP contribution in [0.25, 0.3) is 0 Å². The quantitative estimate of drug-likeness (QED) is 0.817. The van der Waals surface area contributed by atoms with Gasteiger partial charge in [-0.1, -0.05) is 19.3 Å². The summed E-state index contributed by atoms with van der Waals surface area (Å²) in [5, 5.41) is 8.65. The van der Waals surface area contributed by atoms with Crippen LogP contribution in [0, 0.1) is 5.92 Å². The van der Waals surface area contributed by atoms with E-state index in [9.17, 15) is 4.79 Å². The van der Waals surface area contributed by atoms with E-state index in [1.54, 1.807) is 11.3 Å². The van der Waals surface area contributed by atoms with Crippen LogP contribution in [0.1, 0.15) is 49.9 Å². The molecule has 1 aromatic rings. The van der Waals surface area contributed by atoms with E-state index in [0.717, 1.165) is 5.69 Å². The lowest BCUT2D eigenvalue weighted by atomic mass is 9.83. The molecule has 3 nitrogen and oxygen atoms in total. The molecule has 1 aliphatic carbocycles. The second kappa shape index (κ2) is 5.02. The standard InChI is InChI=1S/C14H20N2OS/c1-9-14(17)16-11-7-8-18-13(11)12(15-9)10-5-3-2-4-6-10/h7-10,12,15H,2-6H2,1H3,(H,16,17)/t9-,12?/m0/s1. The van der Waals surface area contributed by atoms with E-state index in [0.29, 0.717) is 12.0 Å². The molecule has 2 atom stereocenters. The molecule has 1 aliphatic heterocycles. The summed E-state index contributed by atoms with van der Waals surface area (Å²) in [4.78, 5) is 13.3. The van der Waals surface area contributed by atoms with Crippen LogP contribution in [0.2, 0.25) is 0 Å². The summed E-state index contributed by atoms with van der Waals surface area (Å²) in [7, 11) is 0. The van der Waals surface area contributed by atoms with Crippen molar-refractivity contribution in [2.45, 2.75) is 51.1 Å². The van der Waals surface area contributed by atoms with Gasteiger partial charge in [-0.3, -0.25) is 10.1 Å². The minimum atomic E-state index is -0.100. The van der Waals surface area contributed by atoms with E-state index in [2.05, 4.69) is 16.0 Å². The van der Waals surface area contributed by atoms with Gasteiger partial charge in [0.15, 0.2) is 0 Å². The summed E-state index contributed by atoms with van der Waals surface area (Å²) in [5.41, 5.74) is 1.03. The second-order valence-corrected chi connectivity index (χ2v) is 6.40. The summed E-state index contributed by atoms with van der Waals surface area (Å²) in [5.74, 6) is 0.777. The second-order valence-electron chi connectivity index (χ2n) is 5.45. The third-order valence-electron chi connectivity index (χ3n) is 4.18. The van der Waals surface area contributed by atoms with Gasteiger partial charge in [-0.15, -0.1) is 11.3 Å². The Kier molecular flexibility index (Phi) is 3.39. The van der Waals surface area contributed by atoms with Gasteiger partial charge in [0.05, 0.1) is 11.7 Å². The molecule has 2 heterocycles. The molecule has 0 bridgehead atoms. The highest BCUT2D eigenvalue weighted by atomic mass is 32.1. The summed E-state index contributed by atoms with van der Waals surface area (Å²) < 4.78 is 0. The molecule has 1 aromatic heterocycles. The van der Waals surface area contributed by atoms with Gasteiger partial charge in [-0.25, -0.2) is 0 Å². The molecule has 0 spiro atoms. The van der Waals surface area contributed by atoms with Crippen LogP contribution in [0.15, 0.2) is 11.4 Å². The average molecular weight is 264 g/mol. The Morgan fingerprint density at radius 3 is 2.83 bits per heavy atom. The van der Waals surface area contributed by atoms with E-state index in [1.807, 2.05) is 13.0 Å². The Hall–Kier alpha value is -0.870. The molecule has 1 unspecified atom stereocenters. The minimum Gasteiger partial charge on any atom is -0.324 e. The van der Waals surface area contributed by atoms with Gasteiger partial charge in [0.25, 0.3) is 0 Å². The van der Waals surface area contributed by atoms with Gasteiger partial charge < -0.3 is 5.32 Å². The van der Waals surface area contributed by atoms with Gasteiger partial charge >= 0.3 is 0 Å². The number of hydrogen-bond donors (Lipinski definition) is 2.